The lowest BCUT2D eigenvalue weighted by molar-refractivity contribution is -0.140. The highest BCUT2D eigenvalue weighted by Gasteiger charge is 2.33. The average Bonchev–Trinajstić information content (AvgIpc) is 2.69. The summed E-state index contributed by atoms with van der Waals surface area (Å²) in [6.45, 7) is 2.08. The first-order chi connectivity index (χ1) is 10.0. The average molecular weight is 323 g/mol. The van der Waals surface area contributed by atoms with Gasteiger partial charge < -0.3 is 9.84 Å². The van der Waals surface area contributed by atoms with Gasteiger partial charge in [0.25, 0.3) is 5.91 Å². The smallest absolute Gasteiger partial charge is 0.323 e. The van der Waals surface area contributed by atoms with Crippen LogP contribution < -0.4 is 4.74 Å². The fourth-order valence-electron chi connectivity index (χ4n) is 1.75. The van der Waals surface area contributed by atoms with E-state index in [1.165, 1.54) is 0 Å². The van der Waals surface area contributed by atoms with Crippen molar-refractivity contribution >= 4 is 46.3 Å². The van der Waals surface area contributed by atoms with Crippen molar-refractivity contribution in [3.63, 3.8) is 0 Å². The number of carboxylic acids is 1. The minimum absolute atomic E-state index is 0.264. The van der Waals surface area contributed by atoms with Crippen molar-refractivity contribution in [3.05, 3.63) is 34.7 Å². The summed E-state index contributed by atoms with van der Waals surface area (Å²) < 4.78 is 5.61. The second-order valence-corrected chi connectivity index (χ2v) is 5.84. The van der Waals surface area contributed by atoms with Gasteiger partial charge in [-0.3, -0.25) is 14.5 Å². The van der Waals surface area contributed by atoms with E-state index in [0.29, 0.717) is 11.5 Å². The van der Waals surface area contributed by atoms with Crippen molar-refractivity contribution in [2.45, 2.75) is 6.92 Å². The number of benzene rings is 1. The maximum atomic E-state index is 12.1. The molecule has 7 heteroatoms. The van der Waals surface area contributed by atoms with Crippen LogP contribution in [0, 0.1) is 0 Å². The lowest BCUT2D eigenvalue weighted by Crippen LogP contribution is -2.33. The number of carbonyl (C=O) groups excluding carboxylic acids is 1. The largest absolute Gasteiger partial charge is 0.494 e. The Balaban J connectivity index is 2.16. The number of carboxylic acid groups (broad SMARTS) is 1. The van der Waals surface area contributed by atoms with E-state index in [9.17, 15) is 9.59 Å². The maximum absolute atomic E-state index is 12.1. The molecule has 21 heavy (non-hydrogen) atoms. The van der Waals surface area contributed by atoms with Crippen LogP contribution in [0.5, 0.6) is 5.75 Å². The first-order valence-electron chi connectivity index (χ1n) is 6.21. The minimum atomic E-state index is -1.09. The van der Waals surface area contributed by atoms with Gasteiger partial charge in [0, 0.05) is 0 Å². The molecule has 0 aromatic heterocycles. The number of carbonyl (C=O) groups is 2. The molecule has 1 aliphatic heterocycles. The van der Waals surface area contributed by atoms with Gasteiger partial charge in [-0.2, -0.15) is 0 Å². The lowest BCUT2D eigenvalue weighted by Gasteiger charge is -2.10. The van der Waals surface area contributed by atoms with Gasteiger partial charge >= 0.3 is 5.97 Å². The predicted molar refractivity (Wildman–Crippen MR) is 85.1 cm³/mol. The molecule has 1 fully saturated rings. The number of ether oxygens (including phenoxy) is 1. The Morgan fingerprint density at radius 2 is 2.10 bits per heavy atom. The van der Waals surface area contributed by atoms with Crippen LogP contribution in [0.4, 0.5) is 0 Å². The molecule has 0 saturated carbocycles. The molecular formula is C14H13NO4S2. The molecule has 1 N–H and O–H groups in total. The van der Waals surface area contributed by atoms with Gasteiger partial charge in [0.1, 0.15) is 16.6 Å². The number of amides is 1. The molecule has 0 spiro atoms. The molecular weight excluding hydrogens is 310 g/mol. The van der Waals surface area contributed by atoms with Crippen LogP contribution >= 0.6 is 24.0 Å². The van der Waals surface area contributed by atoms with Crippen molar-refractivity contribution in [1.29, 1.82) is 0 Å². The van der Waals surface area contributed by atoms with Gasteiger partial charge in [0.15, 0.2) is 0 Å². The molecule has 1 amide bonds. The van der Waals surface area contributed by atoms with Crippen molar-refractivity contribution in [2.24, 2.45) is 0 Å². The zero-order chi connectivity index (χ0) is 15.4. The second-order valence-electron chi connectivity index (χ2n) is 4.16. The van der Waals surface area contributed by atoms with Crippen molar-refractivity contribution < 1.29 is 19.4 Å². The summed E-state index contributed by atoms with van der Waals surface area (Å²) in [5, 5.41) is 8.77. The van der Waals surface area contributed by atoms with E-state index in [1.807, 2.05) is 31.2 Å². The Bertz CT molecular complexity index is 610. The molecule has 2 rings (SSSR count). The van der Waals surface area contributed by atoms with Crippen LogP contribution in [0.15, 0.2) is 29.2 Å². The third-order valence-corrected chi connectivity index (χ3v) is 4.03. The van der Waals surface area contributed by atoms with E-state index < -0.39 is 12.5 Å². The van der Waals surface area contributed by atoms with Crippen LogP contribution in [0.2, 0.25) is 0 Å². The molecule has 1 aromatic rings. The molecule has 110 valence electrons. The van der Waals surface area contributed by atoms with Crippen molar-refractivity contribution in [3.8, 4) is 5.75 Å². The fraction of sp³-hybridized carbons (Fsp3) is 0.214. The highest BCUT2D eigenvalue weighted by Crippen LogP contribution is 2.32. The summed E-state index contributed by atoms with van der Waals surface area (Å²) in [5.74, 6) is -0.706. The first-order valence-corrected chi connectivity index (χ1v) is 7.43. The predicted octanol–water partition coefficient (Wildman–Crippen LogP) is 2.37. The summed E-state index contributed by atoms with van der Waals surface area (Å²) in [6.07, 6.45) is 1.69. The summed E-state index contributed by atoms with van der Waals surface area (Å²) in [5.41, 5.74) is 0.828. The highest BCUT2D eigenvalue weighted by molar-refractivity contribution is 8.26. The molecule has 0 bridgehead atoms. The Hall–Kier alpha value is -1.86. The Morgan fingerprint density at radius 1 is 1.43 bits per heavy atom. The van der Waals surface area contributed by atoms with Gasteiger partial charge in [0.2, 0.25) is 0 Å². The molecule has 1 heterocycles. The molecule has 5 nitrogen and oxygen atoms in total. The number of thioether (sulfide) groups is 1. The molecule has 1 aliphatic rings. The van der Waals surface area contributed by atoms with E-state index in [-0.39, 0.29) is 10.2 Å². The molecule has 1 saturated heterocycles. The summed E-state index contributed by atoms with van der Waals surface area (Å²) in [7, 11) is 0. The molecule has 1 aromatic carbocycles. The van der Waals surface area contributed by atoms with E-state index >= 15 is 0 Å². The maximum Gasteiger partial charge on any atom is 0.323 e. The van der Waals surface area contributed by atoms with Gasteiger partial charge in [0.05, 0.1) is 11.5 Å². The van der Waals surface area contributed by atoms with Gasteiger partial charge in [-0.05, 0) is 30.7 Å². The van der Waals surface area contributed by atoms with E-state index in [4.69, 9.17) is 22.1 Å². The van der Waals surface area contributed by atoms with Crippen LogP contribution in [0.25, 0.3) is 6.08 Å². The summed E-state index contributed by atoms with van der Waals surface area (Å²) >= 11 is 6.14. The lowest BCUT2D eigenvalue weighted by atomic mass is 10.2. The van der Waals surface area contributed by atoms with Crippen LogP contribution in [-0.2, 0) is 9.59 Å². The fourth-order valence-corrected chi connectivity index (χ4v) is 3.00. The van der Waals surface area contributed by atoms with Crippen molar-refractivity contribution in [1.82, 2.24) is 4.90 Å². The van der Waals surface area contributed by atoms with Crippen molar-refractivity contribution in [2.75, 3.05) is 13.2 Å². The van der Waals surface area contributed by atoms with Gasteiger partial charge in [-0.25, -0.2) is 0 Å². The van der Waals surface area contributed by atoms with Gasteiger partial charge in [-0.15, -0.1) is 0 Å². The van der Waals surface area contributed by atoms with E-state index in [2.05, 4.69) is 0 Å². The molecule has 0 radical (unpaired) electrons. The van der Waals surface area contributed by atoms with Crippen LogP contribution in [0.1, 0.15) is 12.5 Å². The Morgan fingerprint density at radius 3 is 2.67 bits per heavy atom. The van der Waals surface area contributed by atoms with Crippen LogP contribution in [0.3, 0.4) is 0 Å². The molecule has 0 atom stereocenters. The van der Waals surface area contributed by atoms with Gasteiger partial charge in [-0.1, -0.05) is 36.1 Å². The Kier molecular flexibility index (Phi) is 4.98. The number of aliphatic carboxylic acids is 1. The summed E-state index contributed by atoms with van der Waals surface area (Å²) in [4.78, 5) is 24.3. The number of hydrogen-bond acceptors (Lipinski definition) is 5. The summed E-state index contributed by atoms with van der Waals surface area (Å²) in [6, 6.07) is 7.28. The quantitative estimate of drug-likeness (QED) is 0.663. The SMILES string of the molecule is CCOc1ccc(C=C2SC(=S)N(CC(=O)O)C2=O)cc1. The number of rotatable bonds is 5. The highest BCUT2D eigenvalue weighted by atomic mass is 32.2. The monoisotopic (exact) mass is 323 g/mol. The first kappa shape index (κ1) is 15.5. The van der Waals surface area contributed by atoms with Crippen LogP contribution in [-0.4, -0.2) is 39.4 Å². The number of thiocarbonyl (C=S) groups is 1. The number of hydrogen-bond donors (Lipinski definition) is 1. The Labute approximate surface area is 131 Å². The topological polar surface area (TPSA) is 66.8 Å². The third kappa shape index (κ3) is 3.83. The number of nitrogens with zero attached hydrogens (tertiary/aromatic N) is 1. The zero-order valence-corrected chi connectivity index (χ0v) is 12.9. The van der Waals surface area contributed by atoms with E-state index in [1.54, 1.807) is 6.08 Å². The minimum Gasteiger partial charge on any atom is -0.494 e. The second kappa shape index (κ2) is 6.73. The van der Waals surface area contributed by atoms with E-state index in [0.717, 1.165) is 28.0 Å². The molecule has 0 unspecified atom stereocenters. The molecule has 0 aliphatic carbocycles. The standard InChI is InChI=1S/C14H13NO4S2/c1-2-19-10-5-3-9(4-6-10)7-11-13(18)15(8-12(16)17)14(20)21-11/h3-7H,2,8H2,1H3,(H,16,17). The normalized spacial score (nSPS) is 16.6. The zero-order valence-electron chi connectivity index (χ0n) is 11.2. The third-order valence-electron chi connectivity index (χ3n) is 2.66.